The lowest BCUT2D eigenvalue weighted by Crippen LogP contribution is -2.47. The summed E-state index contributed by atoms with van der Waals surface area (Å²) >= 11 is 0. The zero-order valence-electron chi connectivity index (χ0n) is 22.2. The Morgan fingerprint density at radius 3 is 2.19 bits per heavy atom. The number of nitrogens with zero attached hydrogens (tertiary/aromatic N) is 2. The lowest BCUT2D eigenvalue weighted by atomic mass is 10.1. The second-order valence-electron chi connectivity index (χ2n) is 9.12. The van der Waals surface area contributed by atoms with Crippen molar-refractivity contribution in [3.05, 3.63) is 59.2 Å². The monoisotopic (exact) mass is 517 g/mol. The normalized spacial score (nSPS) is 12.1. The summed E-state index contributed by atoms with van der Waals surface area (Å²) in [6.45, 7) is 8.48. The van der Waals surface area contributed by atoms with Crippen LogP contribution >= 0.6 is 0 Å². The predicted molar refractivity (Wildman–Crippen MR) is 144 cm³/mol. The minimum atomic E-state index is -3.53. The molecule has 36 heavy (non-hydrogen) atoms. The van der Waals surface area contributed by atoms with Crippen LogP contribution in [-0.4, -0.2) is 57.6 Å². The third-order valence-corrected chi connectivity index (χ3v) is 7.07. The van der Waals surface area contributed by atoms with E-state index < -0.39 is 16.1 Å². The van der Waals surface area contributed by atoms with Crippen LogP contribution in [0.4, 0.5) is 5.69 Å². The molecular weight excluding hydrogens is 478 g/mol. The van der Waals surface area contributed by atoms with Gasteiger partial charge in [-0.05, 0) is 74.6 Å². The highest BCUT2D eigenvalue weighted by Gasteiger charge is 2.26. The van der Waals surface area contributed by atoms with Gasteiger partial charge in [-0.3, -0.25) is 13.9 Å². The summed E-state index contributed by atoms with van der Waals surface area (Å²) in [7, 11) is -1.95. The SMILES string of the molecule is CCCNC(=O)C(C)N(Cc1ccc(OC)cc1)C(=O)CCCN(c1cc(C)cc(C)c1)S(C)(=O)=O. The van der Waals surface area contributed by atoms with E-state index in [1.165, 1.54) is 10.6 Å². The van der Waals surface area contributed by atoms with Gasteiger partial charge in [-0.25, -0.2) is 8.42 Å². The molecule has 198 valence electrons. The Labute approximate surface area is 215 Å². The number of amides is 2. The fourth-order valence-electron chi connectivity index (χ4n) is 4.00. The smallest absolute Gasteiger partial charge is 0.242 e. The Bertz CT molecular complexity index is 1110. The van der Waals surface area contributed by atoms with E-state index in [4.69, 9.17) is 4.74 Å². The van der Waals surface area contributed by atoms with Crippen molar-refractivity contribution in [3.8, 4) is 5.75 Å². The van der Waals surface area contributed by atoms with E-state index in [2.05, 4.69) is 5.32 Å². The molecule has 2 aromatic carbocycles. The molecule has 0 saturated heterocycles. The van der Waals surface area contributed by atoms with Gasteiger partial charge in [0.05, 0.1) is 19.1 Å². The summed E-state index contributed by atoms with van der Waals surface area (Å²) in [5, 5.41) is 2.86. The fraction of sp³-hybridized carbons (Fsp3) is 0.481. The van der Waals surface area contributed by atoms with Gasteiger partial charge in [0.15, 0.2) is 0 Å². The summed E-state index contributed by atoms with van der Waals surface area (Å²) in [4.78, 5) is 27.6. The van der Waals surface area contributed by atoms with Crippen molar-refractivity contribution < 1.29 is 22.7 Å². The van der Waals surface area contributed by atoms with Crippen molar-refractivity contribution in [2.24, 2.45) is 0 Å². The number of hydrogen-bond donors (Lipinski definition) is 1. The molecule has 1 N–H and O–H groups in total. The predicted octanol–water partition coefficient (Wildman–Crippen LogP) is 3.80. The number of nitrogens with one attached hydrogen (secondary N) is 1. The van der Waals surface area contributed by atoms with E-state index in [-0.39, 0.29) is 31.3 Å². The van der Waals surface area contributed by atoms with Gasteiger partial charge in [0, 0.05) is 26.1 Å². The van der Waals surface area contributed by atoms with Crippen molar-refractivity contribution >= 4 is 27.5 Å². The van der Waals surface area contributed by atoms with Gasteiger partial charge in [0.2, 0.25) is 21.8 Å². The van der Waals surface area contributed by atoms with Crippen molar-refractivity contribution in [3.63, 3.8) is 0 Å². The number of methoxy groups -OCH3 is 1. The second kappa shape index (κ2) is 13.3. The van der Waals surface area contributed by atoms with Gasteiger partial charge >= 0.3 is 0 Å². The molecule has 0 aliphatic carbocycles. The molecule has 1 unspecified atom stereocenters. The Morgan fingerprint density at radius 1 is 1.06 bits per heavy atom. The molecule has 0 aliphatic rings. The summed E-state index contributed by atoms with van der Waals surface area (Å²) in [5.41, 5.74) is 3.39. The molecule has 0 bridgehead atoms. The molecule has 0 aliphatic heterocycles. The van der Waals surface area contributed by atoms with Crippen LogP contribution in [0.2, 0.25) is 0 Å². The van der Waals surface area contributed by atoms with Gasteiger partial charge < -0.3 is 15.0 Å². The topological polar surface area (TPSA) is 96.0 Å². The molecule has 2 rings (SSSR count). The number of anilines is 1. The van der Waals surface area contributed by atoms with Gasteiger partial charge in [0.1, 0.15) is 11.8 Å². The third kappa shape index (κ3) is 8.55. The van der Waals surface area contributed by atoms with Crippen LogP contribution in [0.3, 0.4) is 0 Å². The van der Waals surface area contributed by atoms with Crippen LogP contribution < -0.4 is 14.4 Å². The number of hydrogen-bond acceptors (Lipinski definition) is 5. The first-order chi connectivity index (χ1) is 17.0. The largest absolute Gasteiger partial charge is 0.497 e. The van der Waals surface area contributed by atoms with Crippen molar-refractivity contribution in [2.45, 2.75) is 59.5 Å². The maximum atomic E-state index is 13.3. The van der Waals surface area contributed by atoms with Crippen LogP contribution in [0, 0.1) is 13.8 Å². The lowest BCUT2D eigenvalue weighted by molar-refractivity contribution is -0.140. The van der Waals surface area contributed by atoms with Gasteiger partial charge in [-0.1, -0.05) is 25.1 Å². The molecule has 0 fully saturated rings. The van der Waals surface area contributed by atoms with Gasteiger partial charge in [0.25, 0.3) is 0 Å². The zero-order valence-corrected chi connectivity index (χ0v) is 23.0. The maximum Gasteiger partial charge on any atom is 0.242 e. The molecule has 9 heteroatoms. The van der Waals surface area contributed by atoms with Crippen molar-refractivity contribution in [2.75, 3.05) is 30.8 Å². The van der Waals surface area contributed by atoms with Gasteiger partial charge in [-0.15, -0.1) is 0 Å². The van der Waals surface area contributed by atoms with E-state index in [0.717, 1.165) is 23.1 Å². The van der Waals surface area contributed by atoms with Crippen LogP contribution in [-0.2, 0) is 26.2 Å². The van der Waals surface area contributed by atoms with Gasteiger partial charge in [-0.2, -0.15) is 0 Å². The molecule has 0 spiro atoms. The van der Waals surface area contributed by atoms with E-state index in [0.29, 0.717) is 24.4 Å². The Kier molecular flexibility index (Phi) is 10.8. The van der Waals surface area contributed by atoms with E-state index >= 15 is 0 Å². The lowest BCUT2D eigenvalue weighted by Gasteiger charge is -2.29. The molecule has 0 heterocycles. The number of carbonyl (C=O) groups is 2. The molecule has 0 aromatic heterocycles. The Morgan fingerprint density at radius 2 is 1.67 bits per heavy atom. The summed E-state index contributed by atoms with van der Waals surface area (Å²) < 4.78 is 31.6. The highest BCUT2D eigenvalue weighted by molar-refractivity contribution is 7.92. The molecule has 0 radical (unpaired) electrons. The molecule has 8 nitrogen and oxygen atoms in total. The number of aryl methyl sites for hydroxylation is 2. The number of sulfonamides is 1. The Hall–Kier alpha value is -3.07. The first-order valence-corrected chi connectivity index (χ1v) is 14.1. The molecular formula is C27H39N3O5S. The summed E-state index contributed by atoms with van der Waals surface area (Å²) in [6.07, 6.45) is 2.40. The number of benzene rings is 2. The quantitative estimate of drug-likeness (QED) is 0.436. The summed E-state index contributed by atoms with van der Waals surface area (Å²) in [5.74, 6) is 0.281. The van der Waals surface area contributed by atoms with Crippen LogP contribution in [0.1, 0.15) is 49.8 Å². The first kappa shape index (κ1) is 29.2. The molecule has 2 aromatic rings. The van der Waals surface area contributed by atoms with Crippen LogP contribution in [0.5, 0.6) is 5.75 Å². The van der Waals surface area contributed by atoms with Crippen molar-refractivity contribution in [1.82, 2.24) is 10.2 Å². The minimum absolute atomic E-state index is 0.109. The number of carbonyl (C=O) groups excluding carboxylic acids is 2. The van der Waals surface area contributed by atoms with E-state index in [1.54, 1.807) is 18.9 Å². The summed E-state index contributed by atoms with van der Waals surface area (Å²) in [6, 6.07) is 12.3. The van der Waals surface area contributed by atoms with E-state index in [9.17, 15) is 18.0 Å². The van der Waals surface area contributed by atoms with E-state index in [1.807, 2.05) is 63.2 Å². The second-order valence-corrected chi connectivity index (χ2v) is 11.0. The molecule has 0 saturated carbocycles. The first-order valence-electron chi connectivity index (χ1n) is 12.2. The maximum absolute atomic E-state index is 13.3. The molecule has 2 amide bonds. The third-order valence-electron chi connectivity index (χ3n) is 5.88. The Balaban J connectivity index is 2.18. The molecule has 1 atom stereocenters. The van der Waals surface area contributed by atoms with Crippen LogP contribution in [0.15, 0.2) is 42.5 Å². The standard InChI is InChI=1S/C27H39N3O5S/c1-7-14-28-27(32)22(4)29(19-23-10-12-25(35-5)13-11-23)26(31)9-8-15-30(36(6,33)34)24-17-20(2)16-21(3)18-24/h10-13,16-18,22H,7-9,14-15,19H2,1-6H3,(H,28,32). The highest BCUT2D eigenvalue weighted by Crippen LogP contribution is 2.22. The zero-order chi connectivity index (χ0) is 26.9. The highest BCUT2D eigenvalue weighted by atomic mass is 32.2. The van der Waals surface area contributed by atoms with Crippen LogP contribution in [0.25, 0.3) is 0 Å². The van der Waals surface area contributed by atoms with Crippen molar-refractivity contribution in [1.29, 1.82) is 0 Å². The average molecular weight is 518 g/mol. The fourth-order valence-corrected chi connectivity index (χ4v) is 4.95. The number of rotatable bonds is 13. The number of ether oxygens (including phenoxy) is 1. The minimum Gasteiger partial charge on any atom is -0.497 e. The average Bonchev–Trinajstić information content (AvgIpc) is 2.82.